The van der Waals surface area contributed by atoms with Crippen molar-refractivity contribution >= 4 is 5.97 Å². The number of H-pyrrole nitrogens is 1. The van der Waals surface area contributed by atoms with Gasteiger partial charge in [-0.15, -0.1) is 0 Å². The highest BCUT2D eigenvalue weighted by atomic mass is 16.5. The summed E-state index contributed by atoms with van der Waals surface area (Å²) in [4.78, 5) is 38.5. The van der Waals surface area contributed by atoms with E-state index in [-0.39, 0.29) is 23.8 Å². The lowest BCUT2D eigenvalue weighted by Gasteiger charge is -2.26. The van der Waals surface area contributed by atoms with Crippen molar-refractivity contribution in [3.63, 3.8) is 0 Å². The molecule has 6 nitrogen and oxygen atoms in total. The number of ether oxygens (including phenoxy) is 1. The van der Waals surface area contributed by atoms with Gasteiger partial charge in [0.05, 0.1) is 11.1 Å². The first kappa shape index (κ1) is 14.3. The van der Waals surface area contributed by atoms with Crippen molar-refractivity contribution in [2.45, 2.75) is 31.9 Å². The Labute approximate surface area is 126 Å². The molecule has 1 aromatic heterocycles. The van der Waals surface area contributed by atoms with Crippen molar-refractivity contribution in [2.24, 2.45) is 0 Å². The maximum atomic E-state index is 12.3. The number of rotatable bonds is 4. The fraction of sp³-hybridized carbons (Fsp3) is 0.312. The van der Waals surface area contributed by atoms with Crippen LogP contribution in [0.5, 0.6) is 0 Å². The van der Waals surface area contributed by atoms with E-state index in [1.54, 1.807) is 30.3 Å². The van der Waals surface area contributed by atoms with Gasteiger partial charge in [-0.3, -0.25) is 9.36 Å². The molecule has 3 rings (SSSR count). The Morgan fingerprint density at radius 3 is 2.59 bits per heavy atom. The standard InChI is InChI=1S/C16H16N2O4/c19-14-12(9-17-16(21)18(14)13-7-4-8-13)10-22-15(20)11-5-2-1-3-6-11/h1-3,5-6,9,13H,4,7-8,10H2,(H,17,21). The highest BCUT2D eigenvalue weighted by Gasteiger charge is 2.23. The van der Waals surface area contributed by atoms with Crippen LogP contribution in [0.3, 0.4) is 0 Å². The summed E-state index contributed by atoms with van der Waals surface area (Å²) in [6.07, 6.45) is 3.99. The molecule has 0 atom stereocenters. The minimum atomic E-state index is -0.499. The second kappa shape index (κ2) is 6.01. The van der Waals surface area contributed by atoms with Crippen LogP contribution < -0.4 is 11.2 Å². The molecule has 114 valence electrons. The molecule has 1 aromatic carbocycles. The Hall–Kier alpha value is -2.63. The third kappa shape index (κ3) is 2.72. The van der Waals surface area contributed by atoms with Crippen molar-refractivity contribution in [1.82, 2.24) is 9.55 Å². The number of hydrogen-bond donors (Lipinski definition) is 1. The lowest BCUT2D eigenvalue weighted by Crippen LogP contribution is -2.41. The van der Waals surface area contributed by atoms with Crippen LogP contribution in [-0.2, 0) is 11.3 Å². The molecule has 0 aliphatic heterocycles. The molecule has 1 fully saturated rings. The van der Waals surface area contributed by atoms with Gasteiger partial charge in [0, 0.05) is 12.2 Å². The largest absolute Gasteiger partial charge is 0.457 e. The fourth-order valence-corrected chi connectivity index (χ4v) is 2.41. The number of carbonyl (C=O) groups excluding carboxylic acids is 1. The zero-order valence-corrected chi connectivity index (χ0v) is 12.0. The van der Waals surface area contributed by atoms with E-state index in [1.165, 1.54) is 10.8 Å². The first-order valence-electron chi connectivity index (χ1n) is 7.22. The normalized spacial score (nSPS) is 14.4. The van der Waals surface area contributed by atoms with Crippen LogP contribution in [-0.4, -0.2) is 15.5 Å². The molecule has 1 heterocycles. The van der Waals surface area contributed by atoms with Crippen LogP contribution in [0.15, 0.2) is 46.1 Å². The maximum absolute atomic E-state index is 12.3. The summed E-state index contributed by atoms with van der Waals surface area (Å²) in [5.41, 5.74) is -0.0934. The number of esters is 1. The maximum Gasteiger partial charge on any atom is 0.338 e. The molecule has 0 radical (unpaired) electrons. The van der Waals surface area contributed by atoms with E-state index in [2.05, 4.69) is 4.98 Å². The van der Waals surface area contributed by atoms with Gasteiger partial charge in [-0.2, -0.15) is 0 Å². The molecular formula is C16H16N2O4. The van der Waals surface area contributed by atoms with E-state index in [1.807, 2.05) is 0 Å². The summed E-state index contributed by atoms with van der Waals surface area (Å²) >= 11 is 0. The lowest BCUT2D eigenvalue weighted by molar-refractivity contribution is 0.0469. The Kier molecular flexibility index (Phi) is 3.91. The van der Waals surface area contributed by atoms with Gasteiger partial charge in [-0.05, 0) is 31.4 Å². The topological polar surface area (TPSA) is 81.2 Å². The van der Waals surface area contributed by atoms with Crippen molar-refractivity contribution in [2.75, 3.05) is 0 Å². The van der Waals surface area contributed by atoms with Gasteiger partial charge in [0.15, 0.2) is 0 Å². The number of hydrogen-bond acceptors (Lipinski definition) is 4. The van der Waals surface area contributed by atoms with Gasteiger partial charge >= 0.3 is 11.7 Å². The minimum Gasteiger partial charge on any atom is -0.457 e. The van der Waals surface area contributed by atoms with Crippen molar-refractivity contribution < 1.29 is 9.53 Å². The van der Waals surface area contributed by atoms with Gasteiger partial charge < -0.3 is 9.72 Å². The molecule has 0 unspecified atom stereocenters. The summed E-state index contributed by atoms with van der Waals surface area (Å²) in [5, 5.41) is 0. The highest BCUT2D eigenvalue weighted by molar-refractivity contribution is 5.89. The van der Waals surface area contributed by atoms with Gasteiger partial charge in [0.1, 0.15) is 6.61 Å². The van der Waals surface area contributed by atoms with E-state index >= 15 is 0 Å². The third-order valence-corrected chi connectivity index (χ3v) is 3.89. The van der Waals surface area contributed by atoms with Crippen LogP contribution in [0.1, 0.15) is 41.2 Å². The Bertz CT molecular complexity index is 788. The zero-order chi connectivity index (χ0) is 15.5. The quantitative estimate of drug-likeness (QED) is 0.870. The van der Waals surface area contributed by atoms with Crippen LogP contribution in [0.4, 0.5) is 0 Å². The summed E-state index contributed by atoms with van der Waals surface area (Å²) in [5.74, 6) is -0.499. The molecule has 0 spiro atoms. The number of carbonyl (C=O) groups is 1. The molecule has 0 saturated heterocycles. The van der Waals surface area contributed by atoms with E-state index in [0.717, 1.165) is 19.3 Å². The summed E-state index contributed by atoms with van der Waals surface area (Å²) < 4.78 is 6.38. The average molecular weight is 300 g/mol. The van der Waals surface area contributed by atoms with E-state index in [9.17, 15) is 14.4 Å². The van der Waals surface area contributed by atoms with E-state index in [0.29, 0.717) is 5.56 Å². The molecular weight excluding hydrogens is 284 g/mol. The number of aromatic nitrogens is 2. The molecule has 2 aromatic rings. The zero-order valence-electron chi connectivity index (χ0n) is 12.0. The smallest absolute Gasteiger partial charge is 0.338 e. The molecule has 22 heavy (non-hydrogen) atoms. The molecule has 1 aliphatic carbocycles. The number of nitrogens with one attached hydrogen (secondary N) is 1. The van der Waals surface area contributed by atoms with Crippen molar-refractivity contribution in [1.29, 1.82) is 0 Å². The van der Waals surface area contributed by atoms with Crippen LogP contribution in [0, 0.1) is 0 Å². The van der Waals surface area contributed by atoms with Gasteiger partial charge in [0.2, 0.25) is 0 Å². The van der Waals surface area contributed by atoms with Gasteiger partial charge in [-0.1, -0.05) is 18.2 Å². The minimum absolute atomic E-state index is 0.0407. The Morgan fingerprint density at radius 2 is 1.95 bits per heavy atom. The molecule has 0 amide bonds. The predicted octanol–water partition coefficient (Wildman–Crippen LogP) is 1.62. The Morgan fingerprint density at radius 1 is 1.23 bits per heavy atom. The van der Waals surface area contributed by atoms with E-state index < -0.39 is 11.7 Å². The first-order valence-corrected chi connectivity index (χ1v) is 7.22. The average Bonchev–Trinajstić information content (AvgIpc) is 2.49. The highest BCUT2D eigenvalue weighted by Crippen LogP contribution is 2.28. The lowest BCUT2D eigenvalue weighted by atomic mass is 9.93. The van der Waals surface area contributed by atoms with Gasteiger partial charge in [0.25, 0.3) is 5.56 Å². The summed E-state index contributed by atoms with van der Waals surface area (Å²) in [7, 11) is 0. The number of nitrogens with zero attached hydrogens (tertiary/aromatic N) is 1. The third-order valence-electron chi connectivity index (χ3n) is 3.89. The molecule has 1 aliphatic rings. The van der Waals surface area contributed by atoms with Crippen molar-refractivity contribution in [3.8, 4) is 0 Å². The number of aromatic amines is 1. The number of benzene rings is 1. The Balaban J connectivity index is 1.77. The SMILES string of the molecule is O=C(OCc1c[nH]c(=O)n(C2CCC2)c1=O)c1ccccc1. The summed E-state index contributed by atoms with van der Waals surface area (Å²) in [6, 6.07) is 8.51. The fourth-order valence-electron chi connectivity index (χ4n) is 2.41. The van der Waals surface area contributed by atoms with Gasteiger partial charge in [-0.25, -0.2) is 9.59 Å². The summed E-state index contributed by atoms with van der Waals surface area (Å²) in [6.45, 7) is -0.157. The molecule has 1 N–H and O–H groups in total. The predicted molar refractivity (Wildman–Crippen MR) is 79.8 cm³/mol. The van der Waals surface area contributed by atoms with Crippen LogP contribution in [0.25, 0.3) is 0 Å². The monoisotopic (exact) mass is 300 g/mol. The van der Waals surface area contributed by atoms with Crippen LogP contribution in [0.2, 0.25) is 0 Å². The first-order chi connectivity index (χ1) is 10.7. The van der Waals surface area contributed by atoms with E-state index in [4.69, 9.17) is 4.74 Å². The second-order valence-electron chi connectivity index (χ2n) is 5.32. The van der Waals surface area contributed by atoms with Crippen molar-refractivity contribution in [3.05, 3.63) is 68.5 Å². The molecule has 1 saturated carbocycles. The molecule has 0 bridgehead atoms. The second-order valence-corrected chi connectivity index (χ2v) is 5.32. The van der Waals surface area contributed by atoms with Crippen LogP contribution >= 0.6 is 0 Å². The molecule has 6 heteroatoms.